The number of carbonyl (C=O) groups is 1. The summed E-state index contributed by atoms with van der Waals surface area (Å²) in [5, 5.41) is 10.0. The third kappa shape index (κ3) is 3.56. The summed E-state index contributed by atoms with van der Waals surface area (Å²) in [7, 11) is 0. The molecule has 0 saturated heterocycles. The molecule has 0 fully saturated rings. The topological polar surface area (TPSA) is 46.5 Å². The van der Waals surface area contributed by atoms with Crippen LogP contribution < -0.4 is 0 Å². The van der Waals surface area contributed by atoms with Gasteiger partial charge < -0.3 is 9.84 Å². The fourth-order valence-electron chi connectivity index (χ4n) is 1.80. The predicted molar refractivity (Wildman–Crippen MR) is 78.2 cm³/mol. The largest absolute Gasteiger partial charge is 0.459 e. The van der Waals surface area contributed by atoms with Crippen LogP contribution in [0.2, 0.25) is 0 Å². The van der Waals surface area contributed by atoms with Crippen molar-refractivity contribution in [1.82, 2.24) is 0 Å². The lowest BCUT2D eigenvalue weighted by Crippen LogP contribution is -2.12. The minimum atomic E-state index is -0.845. The summed E-state index contributed by atoms with van der Waals surface area (Å²) in [6, 6.07) is 16.0. The Labute approximate surface area is 118 Å². The molecule has 0 amide bonds. The van der Waals surface area contributed by atoms with Gasteiger partial charge in [-0.25, -0.2) is 4.79 Å². The monoisotopic (exact) mass is 268 g/mol. The maximum atomic E-state index is 11.8. The standard InChI is InChI=1S/C17H16O3/c1-2-13-7-6-10-15(11-13)16(18)12-20-17(19)14-8-4-3-5-9-14/h2-11,16,18H,1,12H2. The third-order valence-corrected chi connectivity index (χ3v) is 2.91. The predicted octanol–water partition coefficient (Wildman–Crippen LogP) is 3.22. The van der Waals surface area contributed by atoms with Gasteiger partial charge in [0.25, 0.3) is 0 Å². The van der Waals surface area contributed by atoms with Gasteiger partial charge in [0.05, 0.1) is 5.56 Å². The molecule has 102 valence electrons. The Morgan fingerprint density at radius 3 is 2.65 bits per heavy atom. The summed E-state index contributed by atoms with van der Waals surface area (Å²) in [5.41, 5.74) is 2.08. The van der Waals surface area contributed by atoms with E-state index in [1.165, 1.54) is 0 Å². The Kier molecular flexibility index (Phi) is 4.69. The Morgan fingerprint density at radius 2 is 1.95 bits per heavy atom. The first kappa shape index (κ1) is 14.0. The van der Waals surface area contributed by atoms with Crippen molar-refractivity contribution >= 4 is 12.0 Å². The molecule has 3 nitrogen and oxygen atoms in total. The minimum Gasteiger partial charge on any atom is -0.459 e. The second kappa shape index (κ2) is 6.68. The lowest BCUT2D eigenvalue weighted by Gasteiger charge is -2.12. The molecular weight excluding hydrogens is 252 g/mol. The molecule has 0 heterocycles. The number of aliphatic hydroxyl groups is 1. The van der Waals surface area contributed by atoms with Crippen LogP contribution in [0.4, 0.5) is 0 Å². The van der Waals surface area contributed by atoms with Crippen LogP contribution in [-0.2, 0) is 4.74 Å². The zero-order chi connectivity index (χ0) is 14.4. The Morgan fingerprint density at radius 1 is 1.20 bits per heavy atom. The van der Waals surface area contributed by atoms with Gasteiger partial charge in [0.15, 0.2) is 0 Å². The van der Waals surface area contributed by atoms with Crippen molar-refractivity contribution in [3.05, 3.63) is 77.9 Å². The number of esters is 1. The van der Waals surface area contributed by atoms with E-state index >= 15 is 0 Å². The molecular formula is C17H16O3. The van der Waals surface area contributed by atoms with Crippen molar-refractivity contribution in [3.8, 4) is 0 Å². The summed E-state index contributed by atoms with van der Waals surface area (Å²) in [6.07, 6.45) is 0.856. The zero-order valence-electron chi connectivity index (χ0n) is 11.0. The average Bonchev–Trinajstić information content (AvgIpc) is 2.53. The smallest absolute Gasteiger partial charge is 0.338 e. The van der Waals surface area contributed by atoms with E-state index in [4.69, 9.17) is 4.74 Å². The molecule has 0 aliphatic carbocycles. The molecule has 1 N–H and O–H groups in total. The van der Waals surface area contributed by atoms with E-state index in [1.54, 1.807) is 36.4 Å². The SMILES string of the molecule is C=Cc1cccc(C(O)COC(=O)c2ccccc2)c1. The van der Waals surface area contributed by atoms with Crippen molar-refractivity contribution in [2.45, 2.75) is 6.10 Å². The molecule has 0 radical (unpaired) electrons. The van der Waals surface area contributed by atoms with E-state index < -0.39 is 12.1 Å². The van der Waals surface area contributed by atoms with Crippen molar-refractivity contribution in [3.63, 3.8) is 0 Å². The number of hydrogen-bond acceptors (Lipinski definition) is 3. The van der Waals surface area contributed by atoms with Crippen LogP contribution in [0.25, 0.3) is 6.08 Å². The summed E-state index contributed by atoms with van der Waals surface area (Å²) in [4.78, 5) is 11.8. The van der Waals surface area contributed by atoms with E-state index in [0.717, 1.165) is 5.56 Å². The maximum absolute atomic E-state index is 11.8. The van der Waals surface area contributed by atoms with Gasteiger partial charge in [-0.2, -0.15) is 0 Å². The molecule has 0 spiro atoms. The number of hydrogen-bond donors (Lipinski definition) is 1. The second-order valence-electron chi connectivity index (χ2n) is 4.35. The first-order valence-corrected chi connectivity index (χ1v) is 6.33. The Hall–Kier alpha value is -2.39. The van der Waals surface area contributed by atoms with E-state index in [-0.39, 0.29) is 6.61 Å². The van der Waals surface area contributed by atoms with Crippen LogP contribution in [0.3, 0.4) is 0 Å². The first-order valence-electron chi connectivity index (χ1n) is 6.33. The molecule has 0 aliphatic heterocycles. The molecule has 2 aromatic rings. The minimum absolute atomic E-state index is 0.0751. The molecule has 2 aromatic carbocycles. The highest BCUT2D eigenvalue weighted by Gasteiger charge is 2.12. The van der Waals surface area contributed by atoms with Crippen LogP contribution in [0.5, 0.6) is 0 Å². The number of carbonyl (C=O) groups excluding carboxylic acids is 1. The van der Waals surface area contributed by atoms with Gasteiger partial charge in [-0.1, -0.05) is 49.1 Å². The lowest BCUT2D eigenvalue weighted by molar-refractivity contribution is 0.0254. The number of benzene rings is 2. The van der Waals surface area contributed by atoms with Gasteiger partial charge in [0.1, 0.15) is 12.7 Å². The van der Waals surface area contributed by atoms with Crippen molar-refractivity contribution in [1.29, 1.82) is 0 Å². The van der Waals surface area contributed by atoms with E-state index in [9.17, 15) is 9.90 Å². The zero-order valence-corrected chi connectivity index (χ0v) is 11.0. The highest BCUT2D eigenvalue weighted by Crippen LogP contribution is 2.16. The third-order valence-electron chi connectivity index (χ3n) is 2.91. The van der Waals surface area contributed by atoms with Crippen LogP contribution in [0.15, 0.2) is 61.2 Å². The second-order valence-corrected chi connectivity index (χ2v) is 4.35. The molecule has 0 saturated carbocycles. The molecule has 0 bridgehead atoms. The number of rotatable bonds is 5. The van der Waals surface area contributed by atoms with Gasteiger partial charge in [-0.15, -0.1) is 0 Å². The Bertz CT molecular complexity index is 590. The summed E-state index contributed by atoms with van der Waals surface area (Å²) >= 11 is 0. The van der Waals surface area contributed by atoms with Crippen molar-refractivity contribution < 1.29 is 14.6 Å². The molecule has 3 heteroatoms. The van der Waals surface area contributed by atoms with Crippen LogP contribution in [0, 0.1) is 0 Å². The summed E-state index contributed by atoms with van der Waals surface area (Å²) in [5.74, 6) is -0.440. The number of aliphatic hydroxyl groups excluding tert-OH is 1. The van der Waals surface area contributed by atoms with Crippen molar-refractivity contribution in [2.75, 3.05) is 6.61 Å². The van der Waals surface area contributed by atoms with Crippen LogP contribution in [0.1, 0.15) is 27.6 Å². The van der Waals surface area contributed by atoms with Crippen molar-refractivity contribution in [2.24, 2.45) is 0 Å². The molecule has 1 atom stereocenters. The summed E-state index contributed by atoms with van der Waals surface area (Å²) in [6.45, 7) is 3.60. The van der Waals surface area contributed by atoms with Gasteiger partial charge in [0, 0.05) is 0 Å². The van der Waals surface area contributed by atoms with Gasteiger partial charge in [-0.3, -0.25) is 0 Å². The molecule has 0 aromatic heterocycles. The molecule has 2 rings (SSSR count). The summed E-state index contributed by atoms with van der Waals surface area (Å²) < 4.78 is 5.10. The van der Waals surface area contributed by atoms with Crippen LogP contribution in [-0.4, -0.2) is 17.7 Å². The van der Waals surface area contributed by atoms with Gasteiger partial charge in [0.2, 0.25) is 0 Å². The highest BCUT2D eigenvalue weighted by atomic mass is 16.5. The van der Waals surface area contributed by atoms with Gasteiger partial charge >= 0.3 is 5.97 Å². The van der Waals surface area contributed by atoms with Crippen LogP contribution >= 0.6 is 0 Å². The van der Waals surface area contributed by atoms with E-state index in [1.807, 2.05) is 24.3 Å². The molecule has 0 aliphatic rings. The normalized spacial score (nSPS) is 11.7. The first-order chi connectivity index (χ1) is 9.70. The number of ether oxygens (including phenoxy) is 1. The highest BCUT2D eigenvalue weighted by molar-refractivity contribution is 5.89. The maximum Gasteiger partial charge on any atom is 0.338 e. The molecule has 1 unspecified atom stereocenters. The quantitative estimate of drug-likeness (QED) is 0.847. The van der Waals surface area contributed by atoms with E-state index in [2.05, 4.69) is 6.58 Å². The fourth-order valence-corrected chi connectivity index (χ4v) is 1.80. The molecule has 20 heavy (non-hydrogen) atoms. The fraction of sp³-hybridized carbons (Fsp3) is 0.118. The van der Waals surface area contributed by atoms with Gasteiger partial charge in [-0.05, 0) is 29.3 Å². The Balaban J connectivity index is 1.96. The average molecular weight is 268 g/mol. The van der Waals surface area contributed by atoms with E-state index in [0.29, 0.717) is 11.1 Å². The lowest BCUT2D eigenvalue weighted by atomic mass is 10.1.